The number of hydrogen-bond donors (Lipinski definition) is 4. The number of fused-ring (bicyclic) bond motifs is 1. The number of ketones is 2. The third kappa shape index (κ3) is 7.78. The zero-order valence-corrected chi connectivity index (χ0v) is 12.9. The molecule has 2 rings (SSSR count). The van der Waals surface area contributed by atoms with Gasteiger partial charge >= 0.3 is 45.2 Å². The maximum absolute atomic E-state index is 11.5. The van der Waals surface area contributed by atoms with Crippen LogP contribution in [0.3, 0.4) is 0 Å². The van der Waals surface area contributed by atoms with Gasteiger partial charge in [-0.1, -0.05) is 24.3 Å². The molecule has 4 N–H and O–H groups in total. The Balaban J connectivity index is 0.000000434. The van der Waals surface area contributed by atoms with Crippen molar-refractivity contribution in [3.05, 3.63) is 47.0 Å². The molecule has 0 fully saturated rings. The third-order valence-electron chi connectivity index (χ3n) is 2.36. The van der Waals surface area contributed by atoms with Crippen molar-refractivity contribution >= 4 is 56.8 Å². The number of allylic oxidation sites excluding steroid dienone is 2. The van der Waals surface area contributed by atoms with Crippen LogP contribution in [0.15, 0.2) is 35.9 Å². The summed E-state index contributed by atoms with van der Waals surface area (Å²) < 4.78 is 22.2. The summed E-state index contributed by atoms with van der Waals surface area (Å²) >= 11 is 0. The number of carbonyl (C=O) groups is 2. The Labute approximate surface area is 153 Å². The van der Waals surface area contributed by atoms with E-state index in [2.05, 4.69) is 4.31 Å². The van der Waals surface area contributed by atoms with Gasteiger partial charge in [0.2, 0.25) is 0 Å². The summed E-state index contributed by atoms with van der Waals surface area (Å²) in [6.07, 6.45) is 1.39. The van der Waals surface area contributed by atoms with Gasteiger partial charge in [-0.2, -0.15) is 4.31 Å². The molecule has 0 aliphatic heterocycles. The molecule has 0 saturated heterocycles. The number of phosphoric acid groups is 2. The van der Waals surface area contributed by atoms with Crippen molar-refractivity contribution in [2.75, 3.05) is 0 Å². The Morgan fingerprint density at radius 1 is 0.913 bits per heavy atom. The average molecular weight is 374 g/mol. The number of rotatable bonds is 2. The first-order valence-electron chi connectivity index (χ1n) is 5.59. The summed E-state index contributed by atoms with van der Waals surface area (Å²) in [5.74, 6) is -0.122. The molecule has 0 aromatic heterocycles. The van der Waals surface area contributed by atoms with Crippen LogP contribution in [0.5, 0.6) is 0 Å². The van der Waals surface area contributed by atoms with E-state index in [0.717, 1.165) is 0 Å². The summed E-state index contributed by atoms with van der Waals surface area (Å²) in [5.41, 5.74) is 1.55. The summed E-state index contributed by atoms with van der Waals surface area (Å²) in [6.45, 7) is 1.66. The van der Waals surface area contributed by atoms with Crippen LogP contribution in [-0.2, 0) is 13.4 Å². The van der Waals surface area contributed by atoms with E-state index in [1.54, 1.807) is 31.2 Å². The average Bonchev–Trinajstić information content (AvgIpc) is 2.32. The number of Topliss-reactive ketones (excluding diaryl/α,β-unsaturated/α-hetero) is 1. The second-order valence-electron chi connectivity index (χ2n) is 4.13. The molecule has 0 amide bonds. The summed E-state index contributed by atoms with van der Waals surface area (Å²) in [5, 5.41) is 0. The first-order valence-corrected chi connectivity index (χ1v) is 8.65. The minimum atomic E-state index is -5.05. The third-order valence-corrected chi connectivity index (χ3v) is 4.06. The van der Waals surface area contributed by atoms with E-state index in [-0.39, 0.29) is 41.1 Å². The van der Waals surface area contributed by atoms with E-state index >= 15 is 0 Å². The maximum atomic E-state index is 11.5. The van der Waals surface area contributed by atoms with Crippen molar-refractivity contribution in [3.63, 3.8) is 0 Å². The Morgan fingerprint density at radius 2 is 1.35 bits per heavy atom. The quantitative estimate of drug-likeness (QED) is 0.428. The Hall–Kier alpha value is -0.440. The predicted octanol–water partition coefficient (Wildman–Crippen LogP) is 0.552. The topological polar surface area (TPSA) is 158 Å². The van der Waals surface area contributed by atoms with E-state index in [1.807, 2.05) is 0 Å². The van der Waals surface area contributed by atoms with Crippen LogP contribution in [0.1, 0.15) is 27.6 Å². The zero-order chi connectivity index (χ0) is 17.1. The van der Waals surface area contributed by atoms with Crippen molar-refractivity contribution in [1.82, 2.24) is 0 Å². The fourth-order valence-electron chi connectivity index (χ4n) is 1.59. The van der Waals surface area contributed by atoms with Crippen LogP contribution in [0, 0.1) is 0 Å². The first kappa shape index (κ1) is 22.6. The molecule has 1 aromatic carbocycles. The Bertz CT molecular complexity index is 711. The van der Waals surface area contributed by atoms with E-state index in [4.69, 9.17) is 19.6 Å². The molecule has 122 valence electrons. The number of hydrogen-bond acceptors (Lipinski definition) is 5. The standard InChI is InChI=1S/C11H8O2.Na.H4O7P2.H/c1-7-6-10(12)8-4-2-3-5-9(8)11(7)13;;1-8(2,3)7-9(4,5)6;/h2-6H,1H3;;(H2,1,2,3)(H2,4,5,6);. The molecule has 0 atom stereocenters. The molecule has 9 nitrogen and oxygen atoms in total. The van der Waals surface area contributed by atoms with Gasteiger partial charge in [0, 0.05) is 16.7 Å². The van der Waals surface area contributed by atoms with Crippen LogP contribution in [0.25, 0.3) is 0 Å². The molecule has 0 spiro atoms. The van der Waals surface area contributed by atoms with Crippen LogP contribution in [-0.4, -0.2) is 60.7 Å². The molecule has 0 heterocycles. The molecule has 12 heteroatoms. The molecule has 23 heavy (non-hydrogen) atoms. The fraction of sp³-hybridized carbons (Fsp3) is 0.0909. The molecule has 1 aliphatic rings. The van der Waals surface area contributed by atoms with E-state index in [0.29, 0.717) is 16.7 Å². The van der Waals surface area contributed by atoms with Gasteiger partial charge in [-0.05, 0) is 13.0 Å². The van der Waals surface area contributed by atoms with Gasteiger partial charge in [-0.3, -0.25) is 9.59 Å². The molecule has 0 unspecified atom stereocenters. The Morgan fingerprint density at radius 3 is 1.74 bits per heavy atom. The molecule has 1 aromatic rings. The normalized spacial score (nSPS) is 14.0. The van der Waals surface area contributed by atoms with Crippen molar-refractivity contribution in [1.29, 1.82) is 0 Å². The molecule has 1 aliphatic carbocycles. The fourth-order valence-corrected chi connectivity index (χ4v) is 2.70. The Kier molecular flexibility index (Phi) is 8.43. The van der Waals surface area contributed by atoms with Gasteiger partial charge in [-0.15, -0.1) is 0 Å². The van der Waals surface area contributed by atoms with Crippen LogP contribution < -0.4 is 0 Å². The van der Waals surface area contributed by atoms with Gasteiger partial charge in [0.05, 0.1) is 0 Å². The minimum absolute atomic E-state index is 0. The molecule has 0 bridgehead atoms. The van der Waals surface area contributed by atoms with Crippen LogP contribution >= 0.6 is 15.6 Å². The van der Waals surface area contributed by atoms with Gasteiger partial charge < -0.3 is 19.6 Å². The molecule has 0 radical (unpaired) electrons. The van der Waals surface area contributed by atoms with Gasteiger partial charge in [0.25, 0.3) is 0 Å². The van der Waals surface area contributed by atoms with Crippen molar-refractivity contribution in [3.8, 4) is 0 Å². The van der Waals surface area contributed by atoms with Gasteiger partial charge in [-0.25, -0.2) is 9.13 Å². The summed E-state index contributed by atoms with van der Waals surface area (Å²) in [4.78, 5) is 54.0. The van der Waals surface area contributed by atoms with Gasteiger partial charge in [0.15, 0.2) is 11.6 Å². The first-order chi connectivity index (χ1) is 9.91. The second kappa shape index (κ2) is 8.60. The van der Waals surface area contributed by atoms with Crippen molar-refractivity contribution < 1.29 is 42.6 Å². The number of carbonyl (C=O) groups excluding carboxylic acids is 2. The summed E-state index contributed by atoms with van der Waals surface area (Å²) in [6, 6.07) is 6.89. The second-order valence-corrected chi connectivity index (χ2v) is 6.74. The van der Waals surface area contributed by atoms with Crippen molar-refractivity contribution in [2.45, 2.75) is 6.92 Å². The zero-order valence-electron chi connectivity index (χ0n) is 11.1. The van der Waals surface area contributed by atoms with Gasteiger partial charge in [0.1, 0.15) is 0 Å². The molecular weight excluding hydrogens is 361 g/mol. The predicted molar refractivity (Wildman–Crippen MR) is 81.2 cm³/mol. The van der Waals surface area contributed by atoms with E-state index in [9.17, 15) is 18.7 Å². The summed E-state index contributed by atoms with van der Waals surface area (Å²) in [7, 11) is -10.1. The molecule has 0 saturated carbocycles. The van der Waals surface area contributed by atoms with Crippen LogP contribution in [0.2, 0.25) is 0 Å². The van der Waals surface area contributed by atoms with E-state index < -0.39 is 15.6 Å². The molecular formula is C11H13NaO9P2. The van der Waals surface area contributed by atoms with Crippen molar-refractivity contribution in [2.24, 2.45) is 0 Å². The number of benzene rings is 1. The monoisotopic (exact) mass is 374 g/mol. The van der Waals surface area contributed by atoms with E-state index in [1.165, 1.54) is 6.08 Å². The van der Waals surface area contributed by atoms with Crippen LogP contribution in [0.4, 0.5) is 0 Å². The SMILES string of the molecule is CC1=CC(=O)c2ccccc2C1=O.O=P(O)(O)OP(=O)(O)O.[NaH].